The first-order valence-corrected chi connectivity index (χ1v) is 9.57. The van der Waals surface area contributed by atoms with E-state index in [0.29, 0.717) is 16.5 Å². The molecule has 0 saturated heterocycles. The van der Waals surface area contributed by atoms with E-state index in [4.69, 9.17) is 11.6 Å². The van der Waals surface area contributed by atoms with E-state index >= 15 is 0 Å². The van der Waals surface area contributed by atoms with E-state index in [1.54, 1.807) is 30.6 Å². The fourth-order valence-electron chi connectivity index (χ4n) is 3.05. The molecule has 1 amide bonds. The van der Waals surface area contributed by atoms with Gasteiger partial charge in [0.1, 0.15) is 12.0 Å². The Balaban J connectivity index is 1.75. The lowest BCUT2D eigenvalue weighted by Crippen LogP contribution is -2.31. The normalized spacial score (nSPS) is 12.3. The lowest BCUT2D eigenvalue weighted by molar-refractivity contribution is 0.0935. The Labute approximate surface area is 172 Å². The summed E-state index contributed by atoms with van der Waals surface area (Å²) in [5, 5.41) is 7.88. The molecule has 0 aliphatic heterocycles. The van der Waals surface area contributed by atoms with Crippen molar-refractivity contribution in [2.75, 3.05) is 0 Å². The van der Waals surface area contributed by atoms with Crippen LogP contribution in [0.3, 0.4) is 0 Å². The van der Waals surface area contributed by atoms with E-state index in [2.05, 4.69) is 25.4 Å². The van der Waals surface area contributed by atoms with Crippen LogP contribution in [0.1, 0.15) is 53.1 Å². The van der Waals surface area contributed by atoms with Gasteiger partial charge in [-0.05, 0) is 41.3 Å². The van der Waals surface area contributed by atoms with Crippen molar-refractivity contribution < 1.29 is 4.79 Å². The average molecular weight is 407 g/mol. The molecule has 3 aromatic heterocycles. The number of benzene rings is 1. The molecular weight excluding hydrogens is 388 g/mol. The summed E-state index contributed by atoms with van der Waals surface area (Å²) >= 11 is 6.04. The number of nitrogens with zero attached hydrogens (tertiary/aromatic N) is 5. The maximum Gasteiger partial charge on any atom is 0.270 e. The summed E-state index contributed by atoms with van der Waals surface area (Å²) in [6.07, 6.45) is 4.82. The fraction of sp³-hybridized carbons (Fsp3) is 0.190. The molecule has 4 rings (SSSR count). The lowest BCUT2D eigenvalue weighted by Gasteiger charge is -2.20. The highest BCUT2D eigenvalue weighted by Crippen LogP contribution is 2.24. The average Bonchev–Trinajstić information content (AvgIpc) is 3.21. The molecule has 0 saturated carbocycles. The largest absolute Gasteiger partial charge is 0.340 e. The van der Waals surface area contributed by atoms with E-state index in [1.807, 2.05) is 38.1 Å². The number of hydrogen-bond acceptors (Lipinski definition) is 5. The number of aromatic nitrogens is 5. The molecule has 0 spiro atoms. The third-order valence-electron chi connectivity index (χ3n) is 4.59. The van der Waals surface area contributed by atoms with Crippen molar-refractivity contribution in [2.24, 2.45) is 0 Å². The minimum Gasteiger partial charge on any atom is -0.340 e. The summed E-state index contributed by atoms with van der Waals surface area (Å²) in [5.74, 6) is 0.257. The number of halogens is 1. The second-order valence-electron chi connectivity index (χ2n) is 6.94. The Hall–Kier alpha value is -3.32. The van der Waals surface area contributed by atoms with E-state index < -0.39 is 6.04 Å². The Morgan fingerprint density at radius 3 is 2.62 bits per heavy atom. The van der Waals surface area contributed by atoms with Gasteiger partial charge in [0.2, 0.25) is 0 Å². The molecule has 0 aliphatic rings. The minimum absolute atomic E-state index is 0.147. The van der Waals surface area contributed by atoms with Crippen LogP contribution in [0.2, 0.25) is 5.02 Å². The maximum absolute atomic E-state index is 13.3. The van der Waals surface area contributed by atoms with Crippen LogP contribution >= 0.6 is 11.6 Å². The molecule has 0 fully saturated rings. The second kappa shape index (κ2) is 7.97. The van der Waals surface area contributed by atoms with Crippen LogP contribution < -0.4 is 5.32 Å². The topological polar surface area (TPSA) is 85.1 Å². The number of carbonyl (C=O) groups is 1. The van der Waals surface area contributed by atoms with E-state index in [0.717, 1.165) is 16.8 Å². The Kier molecular flexibility index (Phi) is 5.22. The summed E-state index contributed by atoms with van der Waals surface area (Å²) < 4.78 is 1.45. The van der Waals surface area contributed by atoms with Crippen LogP contribution in [0.5, 0.6) is 0 Å². The number of fused-ring (bicyclic) bond motifs is 1. The van der Waals surface area contributed by atoms with Gasteiger partial charge in [-0.2, -0.15) is 14.6 Å². The van der Waals surface area contributed by atoms with Crippen molar-refractivity contribution in [2.45, 2.75) is 25.8 Å². The third kappa shape index (κ3) is 3.95. The van der Waals surface area contributed by atoms with Crippen molar-refractivity contribution in [3.63, 3.8) is 0 Å². The Morgan fingerprint density at radius 1 is 1.14 bits per heavy atom. The SMILES string of the molecule is CC(C)c1cc(C(=O)N[C@H](c2ccc(Cl)cc2)c2cccnc2)n2ncnc2n1. The van der Waals surface area contributed by atoms with Crippen molar-refractivity contribution in [3.05, 3.63) is 88.7 Å². The monoisotopic (exact) mass is 406 g/mol. The Morgan fingerprint density at radius 2 is 1.93 bits per heavy atom. The van der Waals surface area contributed by atoms with Gasteiger partial charge in [-0.15, -0.1) is 0 Å². The summed E-state index contributed by atoms with van der Waals surface area (Å²) in [6, 6.07) is 12.5. The first-order chi connectivity index (χ1) is 14.0. The summed E-state index contributed by atoms with van der Waals surface area (Å²) in [6.45, 7) is 4.03. The molecule has 3 heterocycles. The van der Waals surface area contributed by atoms with Crippen molar-refractivity contribution in [3.8, 4) is 0 Å². The summed E-state index contributed by atoms with van der Waals surface area (Å²) in [7, 11) is 0. The molecule has 0 bridgehead atoms. The number of nitrogens with one attached hydrogen (secondary N) is 1. The van der Waals surface area contributed by atoms with Gasteiger partial charge < -0.3 is 5.32 Å². The van der Waals surface area contributed by atoms with Crippen molar-refractivity contribution >= 4 is 23.3 Å². The highest BCUT2D eigenvalue weighted by molar-refractivity contribution is 6.30. The lowest BCUT2D eigenvalue weighted by atomic mass is 10.00. The zero-order valence-corrected chi connectivity index (χ0v) is 16.7. The molecule has 4 aromatic rings. The van der Waals surface area contributed by atoms with Crippen molar-refractivity contribution in [1.82, 2.24) is 29.9 Å². The second-order valence-corrected chi connectivity index (χ2v) is 7.37. The van der Waals surface area contributed by atoms with Gasteiger partial charge in [0.25, 0.3) is 11.7 Å². The highest BCUT2D eigenvalue weighted by Gasteiger charge is 2.22. The number of carbonyl (C=O) groups excluding carboxylic acids is 1. The number of hydrogen-bond donors (Lipinski definition) is 1. The van der Waals surface area contributed by atoms with Gasteiger partial charge in [0, 0.05) is 23.1 Å². The molecule has 1 aromatic carbocycles. The standard InChI is InChI=1S/C21H19ClN6O/c1-13(2)17-10-18(28-21(26-17)24-12-25-28)20(29)27-19(15-4-3-9-23-11-15)14-5-7-16(22)8-6-14/h3-13,19H,1-2H3,(H,27,29)/t19-/m1/s1. The van der Waals surface area contributed by atoms with E-state index in [-0.39, 0.29) is 11.8 Å². The molecule has 0 unspecified atom stereocenters. The van der Waals surface area contributed by atoms with Crippen LogP contribution in [0.15, 0.2) is 61.2 Å². The number of rotatable bonds is 5. The molecule has 0 radical (unpaired) electrons. The van der Waals surface area contributed by atoms with Crippen LogP contribution in [-0.2, 0) is 0 Å². The smallest absolute Gasteiger partial charge is 0.270 e. The third-order valence-corrected chi connectivity index (χ3v) is 4.84. The fourth-order valence-corrected chi connectivity index (χ4v) is 3.18. The van der Waals surface area contributed by atoms with Gasteiger partial charge in [0.05, 0.1) is 6.04 Å². The predicted molar refractivity (Wildman–Crippen MR) is 110 cm³/mol. The maximum atomic E-state index is 13.3. The van der Waals surface area contributed by atoms with Crippen LogP contribution in [0.25, 0.3) is 5.78 Å². The first-order valence-electron chi connectivity index (χ1n) is 9.20. The number of amides is 1. The van der Waals surface area contributed by atoms with Crippen LogP contribution in [0, 0.1) is 0 Å². The molecule has 8 heteroatoms. The van der Waals surface area contributed by atoms with Gasteiger partial charge in [-0.1, -0.05) is 43.6 Å². The Bertz CT molecular complexity index is 1140. The summed E-state index contributed by atoms with van der Waals surface area (Å²) in [5.41, 5.74) is 2.90. The molecule has 146 valence electrons. The van der Waals surface area contributed by atoms with Gasteiger partial charge in [-0.25, -0.2) is 4.98 Å². The quantitative estimate of drug-likeness (QED) is 0.544. The zero-order valence-electron chi connectivity index (χ0n) is 16.0. The van der Waals surface area contributed by atoms with Crippen LogP contribution in [0.4, 0.5) is 0 Å². The number of pyridine rings is 1. The zero-order chi connectivity index (χ0) is 20.4. The molecular formula is C21H19ClN6O. The van der Waals surface area contributed by atoms with Crippen molar-refractivity contribution in [1.29, 1.82) is 0 Å². The first kappa shape index (κ1) is 19.0. The van der Waals surface area contributed by atoms with Gasteiger partial charge in [0.15, 0.2) is 0 Å². The highest BCUT2D eigenvalue weighted by atomic mass is 35.5. The van der Waals surface area contributed by atoms with Gasteiger partial charge >= 0.3 is 0 Å². The van der Waals surface area contributed by atoms with E-state index in [9.17, 15) is 4.79 Å². The van der Waals surface area contributed by atoms with Crippen LogP contribution in [-0.4, -0.2) is 30.5 Å². The van der Waals surface area contributed by atoms with Gasteiger partial charge in [-0.3, -0.25) is 9.78 Å². The molecule has 1 N–H and O–H groups in total. The molecule has 7 nitrogen and oxygen atoms in total. The predicted octanol–water partition coefficient (Wildman–Crippen LogP) is 3.82. The minimum atomic E-state index is -0.400. The van der Waals surface area contributed by atoms with E-state index in [1.165, 1.54) is 10.8 Å². The summed E-state index contributed by atoms with van der Waals surface area (Å²) in [4.78, 5) is 26.1. The molecule has 0 aliphatic carbocycles. The molecule has 1 atom stereocenters. The molecule has 29 heavy (non-hydrogen) atoms.